The van der Waals surface area contributed by atoms with Crippen LogP contribution in [0.5, 0.6) is 0 Å². The molecule has 0 aliphatic carbocycles. The van der Waals surface area contributed by atoms with Gasteiger partial charge in [-0.3, -0.25) is 0 Å². The number of aliphatic carboxylic acids is 3. The number of aliphatic hydroxyl groups is 1. The number of carboxylic acids is 3. The van der Waals surface area contributed by atoms with Crippen LogP contribution in [0.15, 0.2) is 0 Å². The van der Waals surface area contributed by atoms with Crippen LogP contribution in [-0.2, 0) is 14.4 Å². The molecule has 0 saturated carbocycles. The first-order valence-corrected chi connectivity index (χ1v) is 3.11. The maximum absolute atomic E-state index is 10.1. The van der Waals surface area contributed by atoms with Crippen LogP contribution >= 0.6 is 0 Å². The van der Waals surface area contributed by atoms with Crippen LogP contribution in [0, 0.1) is 0 Å². The zero-order valence-electron chi connectivity index (χ0n) is 8.17. The van der Waals surface area contributed by atoms with Crippen molar-refractivity contribution in [1.82, 2.24) is 12.3 Å². The van der Waals surface area contributed by atoms with Gasteiger partial charge in [0.15, 0.2) is 0 Å². The van der Waals surface area contributed by atoms with Crippen LogP contribution in [0.2, 0.25) is 0 Å². The molecule has 0 aromatic heterocycles. The zero-order chi connectivity index (χ0) is 10.6. The molecule has 0 bridgehead atoms. The van der Waals surface area contributed by atoms with Gasteiger partial charge in [-0.05, 0) is 0 Å². The van der Waals surface area contributed by atoms with Crippen molar-refractivity contribution in [2.24, 2.45) is 0 Å². The maximum atomic E-state index is 10.1. The van der Waals surface area contributed by atoms with E-state index < -0.39 is 36.4 Å². The Kier molecular flexibility index (Phi) is 14.3. The van der Waals surface area contributed by atoms with Gasteiger partial charge in [-0.15, -0.1) is 0 Å². The van der Waals surface area contributed by atoms with Crippen LogP contribution in [0.4, 0.5) is 0 Å². The minimum atomic E-state index is -2.97. The second-order valence-electron chi connectivity index (χ2n) is 2.42. The number of rotatable bonds is 5. The average Bonchev–Trinajstić information content (AvgIpc) is 1.82. The summed E-state index contributed by atoms with van der Waals surface area (Å²) in [6, 6.07) is 0. The summed E-state index contributed by atoms with van der Waals surface area (Å²) < 4.78 is 0. The van der Waals surface area contributed by atoms with Crippen LogP contribution in [0.25, 0.3) is 0 Å². The summed E-state index contributed by atoms with van der Waals surface area (Å²) in [7, 11) is 0. The first-order valence-electron chi connectivity index (χ1n) is 3.11. The van der Waals surface area contributed by atoms with Gasteiger partial charge in [0.05, 0.1) is 5.97 Å². The standard InChI is InChI=1S/C6H8O7.Bi.2H3N/c7-3(8)1-6(13,5(11)12)2-4(9)10;;;/h13H,1-2H2,(H,7,8)(H,9,10)(H,11,12);;2*1H3/q;+3;;/p-3. The first kappa shape index (κ1) is 24.4. The van der Waals surface area contributed by atoms with E-state index in [1.807, 2.05) is 0 Å². The van der Waals surface area contributed by atoms with E-state index in [-0.39, 0.29) is 38.5 Å². The van der Waals surface area contributed by atoms with E-state index in [1.54, 1.807) is 0 Å². The number of carbonyl (C=O) groups is 3. The molecule has 0 aliphatic heterocycles. The van der Waals surface area contributed by atoms with Crippen LogP contribution in [-0.4, -0.2) is 54.8 Å². The summed E-state index contributed by atoms with van der Waals surface area (Å²) in [5.74, 6) is -5.98. The van der Waals surface area contributed by atoms with Crippen molar-refractivity contribution in [1.29, 1.82) is 0 Å². The van der Waals surface area contributed by atoms with Crippen LogP contribution < -0.4 is 27.6 Å². The third kappa shape index (κ3) is 8.48. The summed E-state index contributed by atoms with van der Waals surface area (Å²) in [6.07, 6.45) is -2.72. The smallest absolute Gasteiger partial charge is 0.550 e. The Morgan fingerprint density at radius 2 is 1.19 bits per heavy atom. The fourth-order valence-corrected chi connectivity index (χ4v) is 0.684. The summed E-state index contributed by atoms with van der Waals surface area (Å²) in [4.78, 5) is 30.0. The van der Waals surface area contributed by atoms with Crippen molar-refractivity contribution < 1.29 is 34.8 Å². The van der Waals surface area contributed by atoms with Gasteiger partial charge in [-0.2, -0.15) is 0 Å². The zero-order valence-corrected chi connectivity index (χ0v) is 11.6. The first-order chi connectivity index (χ1) is 5.78. The Bertz CT molecular complexity index is 241. The summed E-state index contributed by atoms with van der Waals surface area (Å²) >= 11 is 0. The summed E-state index contributed by atoms with van der Waals surface area (Å²) in [5.41, 5.74) is -2.97. The molecule has 2 radical (unpaired) electrons. The minimum Gasteiger partial charge on any atom is -0.550 e. The van der Waals surface area contributed by atoms with E-state index in [0.29, 0.717) is 0 Å². The minimum absolute atomic E-state index is 0. The molecule has 0 rings (SSSR count). The fourth-order valence-electron chi connectivity index (χ4n) is 0.684. The van der Waals surface area contributed by atoms with Crippen LogP contribution in [0.1, 0.15) is 12.8 Å². The molecule has 0 saturated heterocycles. The normalized spacial score (nSPS) is 8.81. The van der Waals surface area contributed by atoms with Gasteiger partial charge in [0.2, 0.25) is 0 Å². The molecule has 10 heteroatoms. The van der Waals surface area contributed by atoms with E-state index in [2.05, 4.69) is 0 Å². The van der Waals surface area contributed by atoms with Gasteiger partial charge >= 0.3 is 26.2 Å². The molecule has 0 amide bonds. The Labute approximate surface area is 110 Å². The Morgan fingerprint density at radius 1 is 0.938 bits per heavy atom. The molecule has 7 N–H and O–H groups in total. The Morgan fingerprint density at radius 3 is 1.31 bits per heavy atom. The molecule has 16 heavy (non-hydrogen) atoms. The summed E-state index contributed by atoms with van der Waals surface area (Å²) in [6.45, 7) is 0. The molecule has 92 valence electrons. The Hall–Kier alpha value is -0.827. The number of carboxylic acid groups (broad SMARTS) is 3. The monoisotopic (exact) mass is 432 g/mol. The number of hydrogen-bond acceptors (Lipinski definition) is 9. The second kappa shape index (κ2) is 9.40. The van der Waals surface area contributed by atoms with Gasteiger partial charge in [-0.1, -0.05) is 0 Å². The predicted octanol–water partition coefficient (Wildman–Crippen LogP) is -5.31. The molecule has 0 unspecified atom stereocenters. The molecule has 0 aromatic carbocycles. The predicted molar refractivity (Wildman–Crippen MR) is 45.0 cm³/mol. The van der Waals surface area contributed by atoms with Crippen molar-refractivity contribution in [2.45, 2.75) is 18.4 Å². The largest absolute Gasteiger partial charge is 3.00 e. The molecule has 0 spiro atoms. The molecular weight excluding hydrogens is 421 g/mol. The average molecular weight is 432 g/mol. The fraction of sp³-hybridized carbons (Fsp3) is 0.500. The van der Waals surface area contributed by atoms with Gasteiger partial charge in [-0.25, -0.2) is 0 Å². The van der Waals surface area contributed by atoms with E-state index in [9.17, 15) is 29.7 Å². The van der Waals surface area contributed by atoms with Crippen molar-refractivity contribution in [2.75, 3.05) is 0 Å². The molecule has 0 fully saturated rings. The second-order valence-corrected chi connectivity index (χ2v) is 2.42. The van der Waals surface area contributed by atoms with Gasteiger partial charge in [0.25, 0.3) is 0 Å². The molecule has 0 atom stereocenters. The van der Waals surface area contributed by atoms with E-state index in [4.69, 9.17) is 5.11 Å². The summed E-state index contributed by atoms with van der Waals surface area (Å²) in [5, 5.41) is 38.9. The third-order valence-corrected chi connectivity index (χ3v) is 1.25. The Balaban J connectivity index is -0.000000240. The van der Waals surface area contributed by atoms with Gasteiger partial charge in [0, 0.05) is 24.8 Å². The van der Waals surface area contributed by atoms with E-state index in [0.717, 1.165) is 0 Å². The molecule has 0 aliphatic rings. The molecule has 0 aromatic rings. The van der Waals surface area contributed by atoms with Crippen molar-refractivity contribution in [3.63, 3.8) is 0 Å². The topological polar surface area (TPSA) is 211 Å². The van der Waals surface area contributed by atoms with Gasteiger partial charge in [0.1, 0.15) is 5.60 Å². The third-order valence-electron chi connectivity index (χ3n) is 1.25. The van der Waals surface area contributed by atoms with Crippen LogP contribution in [0.3, 0.4) is 0 Å². The van der Waals surface area contributed by atoms with E-state index >= 15 is 0 Å². The maximum Gasteiger partial charge on any atom is 3.00 e. The number of hydrogen-bond donors (Lipinski definition) is 3. The number of carbonyl (C=O) groups excluding carboxylic acids is 3. The van der Waals surface area contributed by atoms with E-state index in [1.165, 1.54) is 0 Å². The van der Waals surface area contributed by atoms with Crippen molar-refractivity contribution in [3.05, 3.63) is 0 Å². The quantitative estimate of drug-likeness (QED) is 0.354. The molecule has 0 heterocycles. The molecular formula is C6H11BiN2O7. The molecule has 9 nitrogen and oxygen atoms in total. The van der Waals surface area contributed by atoms with Crippen molar-refractivity contribution in [3.8, 4) is 0 Å². The van der Waals surface area contributed by atoms with Crippen molar-refractivity contribution >= 4 is 44.1 Å². The SMILES string of the molecule is N.N.O=C([O-])CC(O)(CC(=O)[O-])C(=O)[O-].[Bi+3]. The van der Waals surface area contributed by atoms with Gasteiger partial charge < -0.3 is 47.1 Å².